The molecule has 6 N–H and O–H groups in total. The number of nitrogens with one attached hydrogen (secondary N) is 1. The monoisotopic (exact) mass is 2380 g/mol. The summed E-state index contributed by atoms with van der Waals surface area (Å²) in [6.45, 7) is 13.5. The molecule has 4 aromatic carbocycles. The minimum absolute atomic E-state index is 0.0256. The van der Waals surface area contributed by atoms with Gasteiger partial charge in [-0.3, -0.25) is 38.6 Å². The van der Waals surface area contributed by atoms with E-state index in [-0.39, 0.29) is 139 Å². The standard InChI is InChI=1S/C25H31N2O9PS.C24H24O5.C14H16O4.C13H15NO6.H15P14.H14P14/c1-5-12-25(32)22(30)20(35-24(25)27-13-11-18(28)14-21(27)29)15-33-37(38,36-19-9-7-6-8-10-19)26-17(4)23(31)34-16(2)3;1-4-16-24(29-22(26)19-14-10-7-11-15-19)17(3)20(5-2)27-23(24)28-21(25)18-12-8-6-9-13-18;1-3-11-9(2)12(15)14(17-11)18-13(16)10-7-5-4-6-8-10;1-2-4-13(19)11(18)9(7-15)20-12(13)14-5-3-8(16)6-10(14)17;2*1-9(2)13(10(3)4)14(11(5)6)12(7)8/h6-11,13,16-17,20,22,24,30,32H,14-15H2,1-4H3,(H,26,38);6-15,17,20,23H,5H2,1-3H3;4-9,11,14H,3H2,1-2H3;3,5,9,11-12,15,18-19H,6-7H2,1H3;1H,2-8H2;1-2H,3-8H2/q;;;;-1;-2/t17-,20+,22+,24+,25+,37?;17-,20-,23-,24-;9-,11-,14-;9-,11-,12-,13-;;/m0111../s1. The lowest BCUT2D eigenvalue weighted by molar-refractivity contribution is -0.156. The third-order valence-corrected chi connectivity index (χ3v) is 176. The number of ether oxygens (including phenoxy) is 8. The minimum Gasteiger partial charge on any atom is -0.553 e. The Kier molecular flexibility index (Phi) is 59.3. The average Bonchev–Trinajstić information content (AvgIpc) is 1.61. The lowest BCUT2D eigenvalue weighted by Crippen LogP contribution is -2.55. The molecule has 0 aromatic heterocycles. The van der Waals surface area contributed by atoms with Crippen LogP contribution in [0.3, 0.4) is 0 Å². The average molecular weight is 2390 g/mol. The Morgan fingerprint density at radius 1 is 0.556 bits per heavy atom. The number of amides is 2. The van der Waals surface area contributed by atoms with E-state index in [0.29, 0.717) is 28.9 Å². The fourth-order valence-corrected chi connectivity index (χ4v) is 299. The van der Waals surface area contributed by atoms with Crippen LogP contribution in [0.2, 0.25) is 0 Å². The first-order valence-electron chi connectivity index (χ1n) is 39.7. The van der Waals surface area contributed by atoms with Gasteiger partial charge >= 0.3 is 30.5 Å². The van der Waals surface area contributed by atoms with E-state index in [1.54, 1.807) is 138 Å². The van der Waals surface area contributed by atoms with Crippen molar-refractivity contribution in [3.63, 3.8) is 0 Å². The second kappa shape index (κ2) is 62.4. The van der Waals surface area contributed by atoms with Crippen LogP contribution in [0.4, 0.5) is 0 Å². The zero-order valence-electron chi connectivity index (χ0n) is 73.8. The first-order valence-corrected chi connectivity index (χ1v) is 90.6. The molecule has 6 aliphatic heterocycles. The van der Waals surface area contributed by atoms with Crippen LogP contribution in [0.15, 0.2) is 146 Å². The van der Waals surface area contributed by atoms with Crippen LogP contribution in [0.5, 0.6) is 5.75 Å². The van der Waals surface area contributed by atoms with Crippen LogP contribution in [0.25, 0.3) is 0 Å². The van der Waals surface area contributed by atoms with Crippen LogP contribution in [-0.2, 0) is 83.0 Å². The SMILES string of the molecule is CC#C[C@@]1(O)[C@H](O)[C@@H](CO)O[C@H]1N1C=CC(=O)CC1=O.CC#C[C@@]1(O)[C@H](O)[C@@H](COP(=S)(N[C@@H](C)C(=O)OC(C)C)Oc2ccccc2)O[C@H]1N1C=CC(=O)CC1=O.CC#C[C@]1(OC(=O)c2ccccc2)[C@@H](OC(=O)c2ccccc2)O[C@H](CC)[C@H]1C.CC[C@H]1O[C@H](OC(=O)c2ccccc2)C(=O)[C@@H]1C.[PH-]P(P)P(P(P)P)P(P(P)P)P(P)P.[PH-]P([PH-])P(P(P)P)P(P(P)P)P(P)P. The number of carbonyl (C=O) groups excluding carboxylic acids is 9. The minimum atomic E-state index is -3.47. The van der Waals surface area contributed by atoms with Crippen molar-refractivity contribution in [1.82, 2.24) is 14.9 Å². The largest absolute Gasteiger partial charge is 0.553 e. The number of para-hydroxylation sites is 1. The first-order chi connectivity index (χ1) is 62.5. The maximum atomic E-state index is 12.8. The Bertz CT molecular complexity index is 4720. The molecule has 27 nitrogen and oxygen atoms in total. The number of carbonyl (C=O) groups is 9. The lowest BCUT2D eigenvalue weighted by Gasteiger charge is -2.48. The van der Waals surface area contributed by atoms with Crippen molar-refractivity contribution < 1.29 is 116 Å². The number of rotatable bonds is 30. The highest BCUT2D eigenvalue weighted by Crippen LogP contribution is 3.23. The van der Waals surface area contributed by atoms with Gasteiger partial charge in [0.2, 0.25) is 23.2 Å². The summed E-state index contributed by atoms with van der Waals surface area (Å²) in [6, 6.07) is 33.5. The topological polar surface area (TPSA) is 366 Å². The predicted octanol–water partition coefficient (Wildman–Crippen LogP) is 22.3. The molecule has 0 saturated carbocycles. The van der Waals surface area contributed by atoms with Crippen molar-refractivity contribution >= 4 is 298 Å². The molecule has 0 aliphatic carbocycles. The number of allylic oxidation sites excluding steroid dienone is 2. The van der Waals surface area contributed by atoms with Crippen molar-refractivity contribution in [3.8, 4) is 41.3 Å². The van der Waals surface area contributed by atoms with Gasteiger partial charge in [-0.2, -0.15) is 0 Å². The molecule has 33 atom stereocenters. The van der Waals surface area contributed by atoms with Crippen LogP contribution in [0.1, 0.15) is 126 Å². The number of aliphatic hydroxyl groups is 5. The summed E-state index contributed by atoms with van der Waals surface area (Å²) in [4.78, 5) is 111. The molecule has 57 heteroatoms. The van der Waals surface area contributed by atoms with Crippen LogP contribution < -0.4 is 9.61 Å². The van der Waals surface area contributed by atoms with Gasteiger partial charge in [-0.15, -0.1) is 134 Å². The molecule has 4 aromatic rings. The number of aliphatic hydroxyl groups excluding tert-OH is 3. The summed E-state index contributed by atoms with van der Waals surface area (Å²) in [5, 5.41) is 54.8. The van der Waals surface area contributed by atoms with Gasteiger partial charge in [0.05, 0.1) is 61.1 Å². The highest BCUT2D eigenvalue weighted by Gasteiger charge is 2.61. The van der Waals surface area contributed by atoms with E-state index in [2.05, 4.69) is 183 Å². The zero-order chi connectivity index (χ0) is 99.9. The predicted molar refractivity (Wildman–Crippen MR) is 613 cm³/mol. The summed E-state index contributed by atoms with van der Waals surface area (Å²) in [5.41, 5.74) is -4.41. The second-order valence-electron chi connectivity index (χ2n) is 28.9. The smallest absolute Gasteiger partial charge is 0.340 e. The molecule has 133 heavy (non-hydrogen) atoms. The van der Waals surface area contributed by atoms with Crippen LogP contribution in [0, 0.1) is 47.4 Å². The van der Waals surface area contributed by atoms with Gasteiger partial charge in [0, 0.05) is 24.2 Å². The van der Waals surface area contributed by atoms with E-state index < -0.39 is 133 Å². The van der Waals surface area contributed by atoms with Gasteiger partial charge < -0.3 is 106 Å². The number of hydrogen-bond donors (Lipinski definition) is 6. The van der Waals surface area contributed by atoms with Gasteiger partial charge in [-0.05, 0) is 196 Å². The molecule has 6 aliphatic rings. The van der Waals surface area contributed by atoms with Gasteiger partial charge in [0.1, 0.15) is 36.2 Å². The lowest BCUT2D eigenvalue weighted by atomic mass is 9.86. The van der Waals surface area contributed by atoms with E-state index in [1.165, 1.54) is 38.4 Å². The maximum Gasteiger partial charge on any atom is 0.340 e. The summed E-state index contributed by atoms with van der Waals surface area (Å²) in [6.07, 6.45) is -5.66. The van der Waals surface area contributed by atoms with Crippen molar-refractivity contribution in [2.75, 3.05) is 13.2 Å². The van der Waals surface area contributed by atoms with Gasteiger partial charge in [-0.25, -0.2) is 26.5 Å². The number of nitrogens with zero attached hydrogens (tertiary/aromatic N) is 2. The van der Waals surface area contributed by atoms with Gasteiger partial charge in [-0.1, -0.05) is 119 Å². The molecule has 6 heterocycles. The highest BCUT2D eigenvalue weighted by molar-refractivity contribution is 9.28. The fourth-order valence-electron chi connectivity index (χ4n) is 12.7. The molecular weight excluding hydrogens is 2270 g/mol. The summed E-state index contributed by atoms with van der Waals surface area (Å²) < 4.78 is 56.4. The molecule has 0 radical (unpaired) electrons. The zero-order valence-corrected chi connectivity index (χ0v) is 104. The Hall–Kier alpha value is 2.92. The van der Waals surface area contributed by atoms with Crippen molar-refractivity contribution in [2.24, 2.45) is 11.8 Å². The fraction of sp³-hybridized carbons (Fsp3) is 0.434. The van der Waals surface area contributed by atoms with Crippen LogP contribution in [-0.4, -0.2) is 192 Å². The summed E-state index contributed by atoms with van der Waals surface area (Å²) in [7, 11) is 50.8. The molecule has 2 amide bonds. The Morgan fingerprint density at radius 3 is 1.32 bits per heavy atom. The Labute approximate surface area is 836 Å². The highest BCUT2D eigenvalue weighted by atomic mass is 33.3. The van der Waals surface area contributed by atoms with Crippen LogP contribution >= 0.6 is 233 Å². The Morgan fingerprint density at radius 2 is 0.955 bits per heavy atom. The molecule has 17 unspecified atom stereocenters. The third kappa shape index (κ3) is 37.6. The van der Waals surface area contributed by atoms with Crippen molar-refractivity contribution in [1.29, 1.82) is 0 Å². The third-order valence-electron chi connectivity index (χ3n) is 19.0. The molecule has 732 valence electrons. The van der Waals surface area contributed by atoms with E-state index in [1.807, 2.05) is 39.0 Å². The molecule has 0 spiro atoms. The maximum absolute atomic E-state index is 12.8. The second-order valence-corrected chi connectivity index (χ2v) is 136. The molecule has 10 rings (SSSR count). The quantitative estimate of drug-likeness (QED) is 0.00928. The number of benzene rings is 4. The van der Waals surface area contributed by atoms with Gasteiger partial charge in [0.15, 0.2) is 35.2 Å². The number of hydrogen-bond acceptors (Lipinski definition) is 25. The van der Waals surface area contributed by atoms with E-state index in [9.17, 15) is 63.6 Å². The normalized spacial score (nSPS) is 26.1. The van der Waals surface area contributed by atoms with E-state index in [0.717, 1.165) is 16.2 Å². The van der Waals surface area contributed by atoms with E-state index >= 15 is 0 Å². The molecule has 0 bridgehead atoms. The van der Waals surface area contributed by atoms with Gasteiger partial charge in [0.25, 0.3) is 12.6 Å². The Balaban J connectivity index is 0.000000294. The first kappa shape index (κ1) is 126. The number of Topliss-reactive ketones (excluding diaryl/α,β-unsaturated/α-hetero) is 1. The number of ketones is 3. The van der Waals surface area contributed by atoms with Crippen molar-refractivity contribution in [3.05, 3.63) is 163 Å². The molecule has 4 fully saturated rings. The van der Waals surface area contributed by atoms with E-state index in [4.69, 9.17) is 63.9 Å². The molecular formula is C76H115N3O24P29S-3. The summed E-state index contributed by atoms with van der Waals surface area (Å²) in [5.74, 6) is 11.3. The van der Waals surface area contributed by atoms with Crippen molar-refractivity contribution in [2.45, 2.75) is 186 Å². The number of esters is 4. The summed E-state index contributed by atoms with van der Waals surface area (Å²) >= 11 is 5.67. The molecule has 4 saturated heterocycles.